The average Bonchev–Trinajstić information content (AvgIpc) is 2.71. The topological polar surface area (TPSA) is 46.2 Å². The summed E-state index contributed by atoms with van der Waals surface area (Å²) < 4.78 is 23.3. The van der Waals surface area contributed by atoms with E-state index in [4.69, 9.17) is 0 Å². The normalized spacial score (nSPS) is 11.4. The number of benzene rings is 1. The van der Waals surface area contributed by atoms with Crippen molar-refractivity contribution in [2.45, 2.75) is 18.4 Å². The second kappa shape index (κ2) is 5.12. The molecule has 0 radical (unpaired) electrons. The van der Waals surface area contributed by atoms with Gasteiger partial charge in [-0.1, -0.05) is 12.1 Å². The molecule has 0 unspecified atom stereocenters. The van der Waals surface area contributed by atoms with Crippen LogP contribution in [-0.2, 0) is 16.4 Å². The first-order valence-corrected chi connectivity index (χ1v) is 8.31. The Hall–Kier alpha value is -1.33. The van der Waals surface area contributed by atoms with Crippen LogP contribution in [0, 0.1) is 6.92 Å². The fraction of sp³-hybridized carbons (Fsp3) is 0.231. The lowest BCUT2D eigenvalue weighted by atomic mass is 10.2. The molecule has 2 rings (SSSR count). The molecule has 0 aliphatic heterocycles. The lowest BCUT2D eigenvalue weighted by Crippen LogP contribution is -2.05. The first-order chi connectivity index (χ1) is 8.48. The van der Waals surface area contributed by atoms with Gasteiger partial charge in [0, 0.05) is 17.7 Å². The third kappa shape index (κ3) is 2.91. The van der Waals surface area contributed by atoms with E-state index in [2.05, 4.69) is 18.3 Å². The lowest BCUT2D eigenvalue weighted by Gasteiger charge is -2.10. The Morgan fingerprint density at radius 1 is 1.22 bits per heavy atom. The molecule has 0 spiro atoms. The van der Waals surface area contributed by atoms with E-state index in [-0.39, 0.29) is 0 Å². The summed E-state index contributed by atoms with van der Waals surface area (Å²) in [6.45, 7) is 2.70. The highest BCUT2D eigenvalue weighted by Gasteiger charge is 2.12. The molecule has 0 fully saturated rings. The molecule has 0 amide bonds. The van der Waals surface area contributed by atoms with Crippen LogP contribution in [0.25, 0.3) is 0 Å². The van der Waals surface area contributed by atoms with Gasteiger partial charge in [-0.25, -0.2) is 8.42 Å². The van der Waals surface area contributed by atoms with Gasteiger partial charge in [0.1, 0.15) is 0 Å². The standard InChI is InChI=1S/C13H15NO2S2/c1-10-7-8-17-12(10)9-14-11-5-3-4-6-13(11)18(2,15)16/h3-8,14H,9H2,1-2H3. The third-order valence-electron chi connectivity index (χ3n) is 2.69. The number of nitrogens with one attached hydrogen (secondary N) is 1. The smallest absolute Gasteiger partial charge is 0.177 e. The summed E-state index contributed by atoms with van der Waals surface area (Å²) in [5.41, 5.74) is 1.89. The zero-order chi connectivity index (χ0) is 13.2. The lowest BCUT2D eigenvalue weighted by molar-refractivity contribution is 0.602. The Labute approximate surface area is 111 Å². The Balaban J connectivity index is 2.23. The van der Waals surface area contributed by atoms with Gasteiger partial charge < -0.3 is 5.32 Å². The third-order valence-corrected chi connectivity index (χ3v) is 4.87. The molecule has 1 aromatic carbocycles. The number of sulfone groups is 1. The molecule has 3 nitrogen and oxygen atoms in total. The van der Waals surface area contributed by atoms with Crippen molar-refractivity contribution in [2.24, 2.45) is 0 Å². The number of rotatable bonds is 4. The van der Waals surface area contributed by atoms with Gasteiger partial charge in [0.2, 0.25) is 0 Å². The van der Waals surface area contributed by atoms with Gasteiger partial charge in [-0.05, 0) is 36.1 Å². The van der Waals surface area contributed by atoms with Crippen molar-refractivity contribution in [2.75, 3.05) is 11.6 Å². The van der Waals surface area contributed by atoms with Crippen LogP contribution in [0.5, 0.6) is 0 Å². The minimum atomic E-state index is -3.19. The maximum atomic E-state index is 11.6. The largest absolute Gasteiger partial charge is 0.379 e. The van der Waals surface area contributed by atoms with Crippen LogP contribution < -0.4 is 5.32 Å². The van der Waals surface area contributed by atoms with Gasteiger partial charge in [-0.3, -0.25) is 0 Å². The highest BCUT2D eigenvalue weighted by molar-refractivity contribution is 7.90. The van der Waals surface area contributed by atoms with E-state index in [0.29, 0.717) is 17.1 Å². The van der Waals surface area contributed by atoms with E-state index in [1.165, 1.54) is 16.7 Å². The summed E-state index contributed by atoms with van der Waals surface area (Å²) in [5.74, 6) is 0. The molecule has 0 atom stereocenters. The molecule has 5 heteroatoms. The van der Waals surface area contributed by atoms with Crippen molar-refractivity contribution in [3.05, 3.63) is 46.2 Å². The Morgan fingerprint density at radius 2 is 1.94 bits per heavy atom. The van der Waals surface area contributed by atoms with Gasteiger partial charge in [0.25, 0.3) is 0 Å². The molecule has 96 valence electrons. The summed E-state index contributed by atoms with van der Waals surface area (Å²) in [6.07, 6.45) is 1.23. The van der Waals surface area contributed by atoms with Gasteiger partial charge in [-0.15, -0.1) is 11.3 Å². The average molecular weight is 281 g/mol. The number of hydrogen-bond acceptors (Lipinski definition) is 4. The molecule has 1 heterocycles. The second-order valence-corrected chi connectivity index (χ2v) is 7.13. The molecule has 18 heavy (non-hydrogen) atoms. The summed E-state index contributed by atoms with van der Waals surface area (Å²) >= 11 is 1.67. The van der Waals surface area contributed by atoms with Crippen molar-refractivity contribution >= 4 is 26.9 Å². The number of anilines is 1. The van der Waals surface area contributed by atoms with Gasteiger partial charge in [0.05, 0.1) is 10.6 Å². The zero-order valence-electron chi connectivity index (χ0n) is 10.3. The molecule has 0 bridgehead atoms. The summed E-state index contributed by atoms with van der Waals surface area (Å²) in [7, 11) is -3.19. The van der Waals surface area contributed by atoms with E-state index < -0.39 is 9.84 Å². The molecule has 0 aliphatic rings. The van der Waals surface area contributed by atoms with Crippen LogP contribution >= 0.6 is 11.3 Å². The maximum Gasteiger partial charge on any atom is 0.177 e. The molecule has 0 saturated carbocycles. The predicted molar refractivity (Wildman–Crippen MR) is 75.9 cm³/mol. The fourth-order valence-corrected chi connectivity index (χ4v) is 3.41. The van der Waals surface area contributed by atoms with Crippen LogP contribution in [-0.4, -0.2) is 14.7 Å². The zero-order valence-corrected chi connectivity index (χ0v) is 11.9. The minimum absolute atomic E-state index is 0.346. The van der Waals surface area contributed by atoms with E-state index in [0.717, 1.165) is 0 Å². The number of para-hydroxylation sites is 1. The summed E-state index contributed by atoms with van der Waals surface area (Å²) in [4.78, 5) is 1.57. The SMILES string of the molecule is Cc1ccsc1CNc1ccccc1S(C)(=O)=O. The number of aryl methyl sites for hydroxylation is 1. The van der Waals surface area contributed by atoms with E-state index in [1.54, 1.807) is 29.5 Å². The molecule has 1 aromatic heterocycles. The second-order valence-electron chi connectivity index (χ2n) is 4.15. The van der Waals surface area contributed by atoms with Crippen LogP contribution in [0.1, 0.15) is 10.4 Å². The van der Waals surface area contributed by atoms with Crippen molar-refractivity contribution in [1.82, 2.24) is 0 Å². The Bertz CT molecular complexity index is 645. The number of hydrogen-bond donors (Lipinski definition) is 1. The first kappa shape index (κ1) is 13.1. The van der Waals surface area contributed by atoms with Crippen molar-refractivity contribution in [1.29, 1.82) is 0 Å². The minimum Gasteiger partial charge on any atom is -0.379 e. The fourth-order valence-electron chi connectivity index (χ4n) is 1.70. The highest BCUT2D eigenvalue weighted by atomic mass is 32.2. The molecule has 0 saturated heterocycles. The Morgan fingerprint density at radius 3 is 2.56 bits per heavy atom. The first-order valence-electron chi connectivity index (χ1n) is 5.54. The highest BCUT2D eigenvalue weighted by Crippen LogP contribution is 2.23. The summed E-state index contributed by atoms with van der Waals surface area (Å²) in [6, 6.07) is 9.04. The summed E-state index contributed by atoms with van der Waals surface area (Å²) in [5, 5.41) is 5.23. The molecular weight excluding hydrogens is 266 g/mol. The van der Waals surface area contributed by atoms with Crippen molar-refractivity contribution < 1.29 is 8.42 Å². The Kier molecular flexibility index (Phi) is 3.73. The van der Waals surface area contributed by atoms with E-state index in [9.17, 15) is 8.42 Å². The molecule has 2 aromatic rings. The van der Waals surface area contributed by atoms with Crippen molar-refractivity contribution in [3.8, 4) is 0 Å². The van der Waals surface area contributed by atoms with Crippen LogP contribution in [0.2, 0.25) is 0 Å². The van der Waals surface area contributed by atoms with E-state index >= 15 is 0 Å². The number of thiophene rings is 1. The van der Waals surface area contributed by atoms with Crippen LogP contribution in [0.3, 0.4) is 0 Å². The predicted octanol–water partition coefficient (Wildman–Crippen LogP) is 3.07. The maximum absolute atomic E-state index is 11.6. The monoisotopic (exact) mass is 281 g/mol. The van der Waals surface area contributed by atoms with E-state index in [1.807, 2.05) is 11.4 Å². The molecule has 0 aliphatic carbocycles. The van der Waals surface area contributed by atoms with Crippen LogP contribution in [0.15, 0.2) is 40.6 Å². The molecule has 1 N–H and O–H groups in total. The molecular formula is C13H15NO2S2. The van der Waals surface area contributed by atoms with Crippen LogP contribution in [0.4, 0.5) is 5.69 Å². The van der Waals surface area contributed by atoms with Gasteiger partial charge >= 0.3 is 0 Å². The van der Waals surface area contributed by atoms with Gasteiger partial charge in [0.15, 0.2) is 9.84 Å². The van der Waals surface area contributed by atoms with Gasteiger partial charge in [-0.2, -0.15) is 0 Å². The van der Waals surface area contributed by atoms with Crippen molar-refractivity contribution in [3.63, 3.8) is 0 Å². The quantitative estimate of drug-likeness (QED) is 0.937.